The second kappa shape index (κ2) is 7.89. The molecule has 0 amide bonds. The zero-order valence-corrected chi connectivity index (χ0v) is 11.3. The molecule has 0 spiro atoms. The average Bonchev–Trinajstić information content (AvgIpc) is 2.08. The van der Waals surface area contributed by atoms with E-state index in [0.717, 1.165) is 19.6 Å². The molecule has 0 aromatic heterocycles. The van der Waals surface area contributed by atoms with Crippen molar-refractivity contribution in [2.75, 3.05) is 19.6 Å². The van der Waals surface area contributed by atoms with Gasteiger partial charge in [-0.3, -0.25) is 4.90 Å². The van der Waals surface area contributed by atoms with Crippen LogP contribution in [0.3, 0.4) is 0 Å². The van der Waals surface area contributed by atoms with Crippen molar-refractivity contribution >= 4 is 0 Å². The fourth-order valence-electron chi connectivity index (χ4n) is 1.70. The maximum atomic E-state index is 3.44. The summed E-state index contributed by atoms with van der Waals surface area (Å²) in [5.74, 6) is 0. The molecule has 0 saturated carbocycles. The van der Waals surface area contributed by atoms with Gasteiger partial charge in [0.2, 0.25) is 0 Å². The lowest BCUT2D eigenvalue weighted by Gasteiger charge is -2.30. The molecule has 0 aliphatic carbocycles. The number of nitrogens with zero attached hydrogens (tertiary/aromatic N) is 1. The average molecular weight is 212 g/mol. The number of nitrogens with one attached hydrogen (secondary N) is 1. The van der Waals surface area contributed by atoms with Gasteiger partial charge in [0, 0.05) is 31.7 Å². The summed E-state index contributed by atoms with van der Waals surface area (Å²) in [6, 6.07) is 1.27. The Morgan fingerprint density at radius 3 is 2.07 bits per heavy atom. The number of hydrogen-bond donors (Lipinski definition) is 1. The van der Waals surface area contributed by atoms with Crippen LogP contribution < -0.4 is 5.32 Å². The van der Waals surface area contributed by atoms with Crippen LogP contribution in [0.15, 0.2) is 11.6 Å². The fourth-order valence-corrected chi connectivity index (χ4v) is 1.70. The Bertz CT molecular complexity index is 171. The number of hydrogen-bond acceptors (Lipinski definition) is 2. The van der Waals surface area contributed by atoms with E-state index < -0.39 is 0 Å². The van der Waals surface area contributed by atoms with Gasteiger partial charge in [-0.15, -0.1) is 0 Å². The number of allylic oxidation sites excluding steroid dienone is 1. The molecule has 0 radical (unpaired) electrons. The minimum atomic E-state index is 0.634. The smallest absolute Gasteiger partial charge is 0.0137 e. The van der Waals surface area contributed by atoms with E-state index in [9.17, 15) is 0 Å². The Labute approximate surface area is 95.7 Å². The maximum absolute atomic E-state index is 3.44. The van der Waals surface area contributed by atoms with Crippen LogP contribution in [0.2, 0.25) is 0 Å². The molecule has 0 saturated heterocycles. The lowest BCUT2D eigenvalue weighted by Crippen LogP contribution is -2.41. The first kappa shape index (κ1) is 14.7. The normalized spacial score (nSPS) is 11.5. The summed E-state index contributed by atoms with van der Waals surface area (Å²) in [4.78, 5) is 2.51. The van der Waals surface area contributed by atoms with Gasteiger partial charge in [-0.2, -0.15) is 0 Å². The lowest BCUT2D eigenvalue weighted by molar-refractivity contribution is 0.176. The molecule has 0 heterocycles. The van der Waals surface area contributed by atoms with Gasteiger partial charge in [0.1, 0.15) is 0 Å². The Kier molecular flexibility index (Phi) is 7.71. The quantitative estimate of drug-likeness (QED) is 0.515. The van der Waals surface area contributed by atoms with Crippen molar-refractivity contribution in [1.82, 2.24) is 10.2 Å². The van der Waals surface area contributed by atoms with Crippen molar-refractivity contribution in [3.63, 3.8) is 0 Å². The third-order valence-corrected chi connectivity index (χ3v) is 2.53. The van der Waals surface area contributed by atoms with Crippen molar-refractivity contribution in [2.45, 2.75) is 53.6 Å². The van der Waals surface area contributed by atoms with Gasteiger partial charge in [0.25, 0.3) is 0 Å². The van der Waals surface area contributed by atoms with Gasteiger partial charge in [0.05, 0.1) is 0 Å². The molecule has 2 heteroatoms. The third-order valence-electron chi connectivity index (χ3n) is 2.53. The summed E-state index contributed by atoms with van der Waals surface area (Å²) >= 11 is 0. The molecule has 1 N–H and O–H groups in total. The van der Waals surface area contributed by atoms with E-state index in [1.54, 1.807) is 0 Å². The van der Waals surface area contributed by atoms with E-state index in [-0.39, 0.29) is 0 Å². The van der Waals surface area contributed by atoms with E-state index >= 15 is 0 Å². The van der Waals surface area contributed by atoms with Crippen molar-refractivity contribution < 1.29 is 0 Å². The molecule has 0 unspecified atom stereocenters. The van der Waals surface area contributed by atoms with E-state index in [2.05, 4.69) is 57.8 Å². The Balaban J connectivity index is 3.68. The van der Waals surface area contributed by atoms with Crippen LogP contribution in [-0.4, -0.2) is 36.6 Å². The molecule has 0 bridgehead atoms. The highest BCUT2D eigenvalue weighted by atomic mass is 15.2. The molecule has 0 atom stereocenters. The van der Waals surface area contributed by atoms with E-state index in [1.165, 1.54) is 5.57 Å². The first-order valence-corrected chi connectivity index (χ1v) is 6.05. The van der Waals surface area contributed by atoms with E-state index in [1.807, 2.05) is 0 Å². The Hall–Kier alpha value is -0.340. The topological polar surface area (TPSA) is 15.3 Å². The summed E-state index contributed by atoms with van der Waals surface area (Å²) in [7, 11) is 0. The molecule has 90 valence electrons. The summed E-state index contributed by atoms with van der Waals surface area (Å²) in [5.41, 5.74) is 1.38. The monoisotopic (exact) mass is 212 g/mol. The van der Waals surface area contributed by atoms with Crippen molar-refractivity contribution in [3.8, 4) is 0 Å². The molecule has 2 nitrogen and oxygen atoms in total. The van der Waals surface area contributed by atoms with Gasteiger partial charge < -0.3 is 5.32 Å². The van der Waals surface area contributed by atoms with Crippen molar-refractivity contribution in [2.24, 2.45) is 0 Å². The van der Waals surface area contributed by atoms with Crippen LogP contribution >= 0.6 is 0 Å². The maximum Gasteiger partial charge on any atom is 0.0137 e. The van der Waals surface area contributed by atoms with Crippen LogP contribution in [0.5, 0.6) is 0 Å². The van der Waals surface area contributed by atoms with E-state index in [4.69, 9.17) is 0 Å². The fraction of sp³-hybridized carbons (Fsp3) is 0.846. The van der Waals surface area contributed by atoms with Crippen LogP contribution in [0.25, 0.3) is 0 Å². The molecular weight excluding hydrogens is 184 g/mol. The zero-order chi connectivity index (χ0) is 11.8. The minimum Gasteiger partial charge on any atom is -0.312 e. The van der Waals surface area contributed by atoms with Crippen molar-refractivity contribution in [3.05, 3.63) is 11.6 Å². The highest BCUT2D eigenvalue weighted by Crippen LogP contribution is 2.03. The zero-order valence-electron chi connectivity index (χ0n) is 11.3. The van der Waals surface area contributed by atoms with Crippen molar-refractivity contribution in [1.29, 1.82) is 0 Å². The molecule has 0 fully saturated rings. The van der Waals surface area contributed by atoms with Crippen LogP contribution in [-0.2, 0) is 0 Å². The first-order valence-electron chi connectivity index (χ1n) is 6.05. The predicted molar refractivity (Wildman–Crippen MR) is 69.3 cm³/mol. The van der Waals surface area contributed by atoms with Crippen LogP contribution in [0.1, 0.15) is 41.5 Å². The molecule has 0 aliphatic heterocycles. The molecule has 0 aromatic carbocycles. The first-order chi connectivity index (χ1) is 6.95. The van der Waals surface area contributed by atoms with E-state index in [0.29, 0.717) is 12.1 Å². The highest BCUT2D eigenvalue weighted by molar-refractivity contribution is 4.94. The Morgan fingerprint density at radius 2 is 1.67 bits per heavy atom. The standard InChI is InChI=1S/C13H28N2/c1-11(2)7-8-14-9-10-15(12(3)4)13(5)6/h7,12-14H,8-10H2,1-6H3. The SMILES string of the molecule is CC(C)=CCNCCN(C(C)C)C(C)C. The van der Waals surface area contributed by atoms with Crippen LogP contribution in [0.4, 0.5) is 0 Å². The lowest BCUT2D eigenvalue weighted by atomic mass is 10.2. The summed E-state index contributed by atoms with van der Waals surface area (Å²) < 4.78 is 0. The van der Waals surface area contributed by atoms with Gasteiger partial charge in [-0.1, -0.05) is 11.6 Å². The second-order valence-corrected chi connectivity index (χ2v) is 4.91. The van der Waals surface area contributed by atoms with Gasteiger partial charge in [0.15, 0.2) is 0 Å². The van der Waals surface area contributed by atoms with Gasteiger partial charge in [-0.05, 0) is 41.5 Å². The molecule has 0 aliphatic rings. The predicted octanol–water partition coefficient (Wildman–Crippen LogP) is 2.66. The number of rotatable bonds is 7. The summed E-state index contributed by atoms with van der Waals surface area (Å²) in [5, 5.41) is 3.44. The largest absolute Gasteiger partial charge is 0.312 e. The third kappa shape index (κ3) is 7.57. The van der Waals surface area contributed by atoms with Crippen LogP contribution in [0, 0.1) is 0 Å². The molecule has 0 rings (SSSR count). The Morgan fingerprint density at radius 1 is 1.13 bits per heavy atom. The second-order valence-electron chi connectivity index (χ2n) is 4.91. The molecule has 0 aromatic rings. The van der Waals surface area contributed by atoms with Gasteiger partial charge in [-0.25, -0.2) is 0 Å². The summed E-state index contributed by atoms with van der Waals surface area (Å²) in [6.07, 6.45) is 2.23. The highest BCUT2D eigenvalue weighted by Gasteiger charge is 2.11. The minimum absolute atomic E-state index is 0.634. The van der Waals surface area contributed by atoms with Gasteiger partial charge >= 0.3 is 0 Å². The molecular formula is C13H28N2. The molecule has 15 heavy (non-hydrogen) atoms. The summed E-state index contributed by atoms with van der Waals surface area (Å²) in [6.45, 7) is 16.5.